The minimum Gasteiger partial charge on any atom is -0.497 e. The molecule has 236 valence electrons. The number of benzene rings is 2. The van der Waals surface area contributed by atoms with E-state index in [-0.39, 0.29) is 0 Å². The number of amides is 4. The lowest BCUT2D eigenvalue weighted by Gasteiger charge is -2.39. The Kier molecular flexibility index (Phi) is 12.6. The van der Waals surface area contributed by atoms with Gasteiger partial charge in [-0.05, 0) is 90.1 Å². The molecular weight excluding hydrogens is 548 g/mol. The summed E-state index contributed by atoms with van der Waals surface area (Å²) in [5.41, 5.74) is 7.64. The minimum atomic E-state index is -1.35. The van der Waals surface area contributed by atoms with E-state index in [1.54, 1.807) is 52.1 Å². The summed E-state index contributed by atoms with van der Waals surface area (Å²) in [6, 6.07) is 9.70. The van der Waals surface area contributed by atoms with Crippen LogP contribution in [0.5, 0.6) is 5.75 Å². The average Bonchev–Trinajstić information content (AvgIpc) is 2.87. The smallest absolute Gasteiger partial charge is 0.408 e. The molecule has 43 heavy (non-hydrogen) atoms. The Morgan fingerprint density at radius 1 is 0.930 bits per heavy atom. The molecule has 0 saturated carbocycles. The summed E-state index contributed by atoms with van der Waals surface area (Å²) in [6.07, 6.45) is 0.0268. The van der Waals surface area contributed by atoms with Crippen molar-refractivity contribution >= 4 is 29.5 Å². The molecule has 0 aromatic heterocycles. The zero-order chi connectivity index (χ0) is 32.5. The normalized spacial score (nSPS) is 13.4. The zero-order valence-electron chi connectivity index (χ0n) is 26.9. The molecule has 0 spiro atoms. The van der Waals surface area contributed by atoms with Crippen molar-refractivity contribution in [3.05, 3.63) is 59.2 Å². The predicted octanol–water partition coefficient (Wildman–Crippen LogP) is 5.41. The lowest BCUT2D eigenvalue weighted by molar-refractivity contribution is -0.144. The first kappa shape index (κ1) is 35.1. The number of methoxy groups -OCH3 is 1. The number of alkyl carbamates (subject to hydrolysis) is 1. The Bertz CT molecular complexity index is 1250. The van der Waals surface area contributed by atoms with E-state index in [4.69, 9.17) is 15.2 Å². The highest BCUT2D eigenvalue weighted by atomic mass is 16.6. The van der Waals surface area contributed by atoms with Crippen molar-refractivity contribution in [1.82, 2.24) is 10.2 Å². The van der Waals surface area contributed by atoms with Crippen molar-refractivity contribution in [1.29, 1.82) is 0 Å². The molecular formula is C33H48N4O6. The van der Waals surface area contributed by atoms with Gasteiger partial charge in [0.15, 0.2) is 0 Å². The maximum Gasteiger partial charge on any atom is 0.408 e. The Hall–Kier alpha value is -4.08. The van der Waals surface area contributed by atoms with Crippen LogP contribution in [0, 0.1) is 19.8 Å². The van der Waals surface area contributed by atoms with Gasteiger partial charge in [0, 0.05) is 11.7 Å². The van der Waals surface area contributed by atoms with Gasteiger partial charge in [0.05, 0.1) is 13.5 Å². The molecule has 2 rings (SSSR count). The lowest BCUT2D eigenvalue weighted by atomic mass is 9.94. The van der Waals surface area contributed by atoms with Crippen molar-refractivity contribution in [2.45, 2.75) is 98.4 Å². The van der Waals surface area contributed by atoms with Crippen LogP contribution in [0.1, 0.15) is 83.5 Å². The fourth-order valence-corrected chi connectivity index (χ4v) is 4.83. The van der Waals surface area contributed by atoms with Gasteiger partial charge < -0.3 is 30.7 Å². The van der Waals surface area contributed by atoms with Crippen LogP contribution in [0.4, 0.5) is 10.5 Å². The van der Waals surface area contributed by atoms with Gasteiger partial charge in [-0.15, -0.1) is 0 Å². The standard InChI is InChI=1S/C33H48N4O6/c1-20(2)10-11-23(5)37(31(40)27(19-28(34)38)36-32(41)43-33(6,7)8)29(24-17-21(3)16-22(4)18-24)30(39)35-25-12-14-26(42-9)15-13-25/h12-18,20,23,27,29H,10-11,19H2,1-9H3,(H2,34,38)(H,35,39)(H,36,41). The number of rotatable bonds is 13. The Morgan fingerprint density at radius 2 is 1.51 bits per heavy atom. The number of nitrogens with one attached hydrogen (secondary N) is 2. The van der Waals surface area contributed by atoms with E-state index in [0.717, 1.165) is 17.5 Å². The van der Waals surface area contributed by atoms with Gasteiger partial charge in [-0.2, -0.15) is 0 Å². The second-order valence-electron chi connectivity index (χ2n) is 12.5. The number of primary amides is 1. The number of carbonyl (C=O) groups is 4. The molecule has 4 N–H and O–H groups in total. The molecule has 0 fully saturated rings. The molecule has 3 atom stereocenters. The summed E-state index contributed by atoms with van der Waals surface area (Å²) in [5.74, 6) is -0.876. The van der Waals surface area contributed by atoms with E-state index in [0.29, 0.717) is 29.3 Å². The van der Waals surface area contributed by atoms with Gasteiger partial charge in [0.1, 0.15) is 23.4 Å². The van der Waals surface area contributed by atoms with Gasteiger partial charge in [-0.1, -0.05) is 43.2 Å². The fraction of sp³-hybridized carbons (Fsp3) is 0.515. The highest BCUT2D eigenvalue weighted by Crippen LogP contribution is 2.30. The van der Waals surface area contributed by atoms with Gasteiger partial charge in [0.2, 0.25) is 11.8 Å². The zero-order valence-corrected chi connectivity index (χ0v) is 26.9. The second-order valence-corrected chi connectivity index (χ2v) is 12.5. The second kappa shape index (κ2) is 15.4. The molecule has 2 aromatic rings. The minimum absolute atomic E-state index is 0.341. The summed E-state index contributed by atoms with van der Waals surface area (Å²) in [6.45, 7) is 14.9. The van der Waals surface area contributed by atoms with Crippen LogP contribution >= 0.6 is 0 Å². The highest BCUT2D eigenvalue weighted by Gasteiger charge is 2.39. The van der Waals surface area contributed by atoms with Gasteiger partial charge in [-0.25, -0.2) is 4.79 Å². The maximum atomic E-state index is 14.4. The van der Waals surface area contributed by atoms with Crippen LogP contribution in [0.25, 0.3) is 0 Å². The van der Waals surface area contributed by atoms with E-state index in [2.05, 4.69) is 24.5 Å². The quantitative estimate of drug-likeness (QED) is 0.282. The van der Waals surface area contributed by atoms with Crippen LogP contribution < -0.4 is 21.1 Å². The van der Waals surface area contributed by atoms with Crippen molar-refractivity contribution < 1.29 is 28.7 Å². The summed E-state index contributed by atoms with van der Waals surface area (Å²) >= 11 is 0. The average molecular weight is 597 g/mol. The summed E-state index contributed by atoms with van der Waals surface area (Å²) in [4.78, 5) is 55.0. The predicted molar refractivity (Wildman–Crippen MR) is 168 cm³/mol. The van der Waals surface area contributed by atoms with Crippen molar-refractivity contribution in [3.63, 3.8) is 0 Å². The number of ether oxygens (including phenoxy) is 2. The van der Waals surface area contributed by atoms with E-state index in [1.165, 1.54) is 4.90 Å². The molecule has 0 aliphatic carbocycles. The first-order valence-electron chi connectivity index (χ1n) is 14.6. The van der Waals surface area contributed by atoms with Gasteiger partial charge in [0.25, 0.3) is 5.91 Å². The highest BCUT2D eigenvalue weighted by molar-refractivity contribution is 6.00. The number of nitrogens with two attached hydrogens (primary N) is 1. The topological polar surface area (TPSA) is 140 Å². The molecule has 10 nitrogen and oxygen atoms in total. The van der Waals surface area contributed by atoms with Crippen LogP contribution in [0.3, 0.4) is 0 Å². The van der Waals surface area contributed by atoms with E-state index in [9.17, 15) is 19.2 Å². The monoisotopic (exact) mass is 596 g/mol. The van der Waals surface area contributed by atoms with E-state index in [1.807, 2.05) is 39.0 Å². The Balaban J connectivity index is 2.67. The number of carbonyl (C=O) groups excluding carboxylic acids is 4. The van der Waals surface area contributed by atoms with Gasteiger partial charge >= 0.3 is 6.09 Å². The van der Waals surface area contributed by atoms with Crippen molar-refractivity contribution in [2.75, 3.05) is 12.4 Å². The molecule has 0 heterocycles. The van der Waals surface area contributed by atoms with Crippen molar-refractivity contribution in [2.24, 2.45) is 11.7 Å². The largest absolute Gasteiger partial charge is 0.497 e. The number of hydrogen-bond donors (Lipinski definition) is 3. The SMILES string of the molecule is COc1ccc(NC(=O)C(c2cc(C)cc(C)c2)N(C(=O)C(CC(N)=O)NC(=O)OC(C)(C)C)C(C)CCC(C)C)cc1. The van der Waals surface area contributed by atoms with Crippen LogP contribution in [0.2, 0.25) is 0 Å². The first-order chi connectivity index (χ1) is 20.0. The number of hydrogen-bond acceptors (Lipinski definition) is 6. The Morgan fingerprint density at radius 3 is 2.00 bits per heavy atom. The number of anilines is 1. The fourth-order valence-electron chi connectivity index (χ4n) is 4.83. The molecule has 4 amide bonds. The lowest BCUT2D eigenvalue weighted by Crippen LogP contribution is -2.55. The molecule has 0 saturated heterocycles. The molecule has 0 bridgehead atoms. The molecule has 3 unspecified atom stereocenters. The van der Waals surface area contributed by atoms with Crippen LogP contribution in [-0.4, -0.2) is 53.5 Å². The molecule has 0 aliphatic heterocycles. The van der Waals surface area contributed by atoms with Crippen LogP contribution in [0.15, 0.2) is 42.5 Å². The van der Waals surface area contributed by atoms with E-state index < -0.39 is 54.0 Å². The molecule has 2 aromatic carbocycles. The van der Waals surface area contributed by atoms with Crippen molar-refractivity contribution in [3.8, 4) is 5.75 Å². The maximum absolute atomic E-state index is 14.4. The third-order valence-electron chi connectivity index (χ3n) is 6.73. The molecule has 0 radical (unpaired) electrons. The number of nitrogens with zero attached hydrogens (tertiary/aromatic N) is 1. The third kappa shape index (κ3) is 11.3. The van der Waals surface area contributed by atoms with Crippen LogP contribution in [-0.2, 0) is 19.1 Å². The number of aryl methyl sites for hydroxylation is 2. The third-order valence-corrected chi connectivity index (χ3v) is 6.73. The van der Waals surface area contributed by atoms with Gasteiger partial charge in [-0.3, -0.25) is 14.4 Å². The molecule has 0 aliphatic rings. The summed E-state index contributed by atoms with van der Waals surface area (Å²) < 4.78 is 10.6. The Labute approximate surface area is 255 Å². The van der Waals surface area contributed by atoms with E-state index >= 15 is 0 Å². The summed E-state index contributed by atoms with van der Waals surface area (Å²) in [7, 11) is 1.56. The molecule has 10 heteroatoms. The summed E-state index contributed by atoms with van der Waals surface area (Å²) in [5, 5.41) is 5.48. The first-order valence-corrected chi connectivity index (χ1v) is 14.6.